The van der Waals surface area contributed by atoms with Gasteiger partial charge in [-0.3, -0.25) is 4.57 Å². The van der Waals surface area contributed by atoms with Crippen LogP contribution in [0.4, 0.5) is 0 Å². The molecule has 0 N–H and O–H groups in total. The lowest BCUT2D eigenvalue weighted by Gasteiger charge is -2.37. The fraction of sp³-hybridized carbons (Fsp3) is 0.500. The van der Waals surface area contributed by atoms with Crippen molar-refractivity contribution in [2.24, 2.45) is 7.05 Å². The molecule has 2 atom stereocenters. The van der Waals surface area contributed by atoms with Gasteiger partial charge < -0.3 is 9.15 Å². The molecule has 1 fully saturated rings. The molecule has 0 amide bonds. The molecule has 120 valence electrons. The van der Waals surface area contributed by atoms with Crippen LogP contribution in [0.5, 0.6) is 0 Å². The highest BCUT2D eigenvalue weighted by Gasteiger charge is 2.36. The Morgan fingerprint density at radius 3 is 2.45 bits per heavy atom. The zero-order valence-corrected chi connectivity index (χ0v) is 13.5. The Bertz CT molecular complexity index is 857. The van der Waals surface area contributed by atoms with Gasteiger partial charge in [0.25, 0.3) is 0 Å². The number of benzene rings is 1. The third-order valence-corrected chi connectivity index (χ3v) is 6.05. The van der Waals surface area contributed by atoms with Gasteiger partial charge in [0.05, 0.1) is 23.6 Å². The molecule has 1 aromatic heterocycles. The van der Waals surface area contributed by atoms with Crippen molar-refractivity contribution < 1.29 is 17.6 Å². The number of aryl methyl sites for hydroxylation is 1. The molecule has 1 aromatic carbocycles. The SMILES string of the molecule is CC1COCC(C)N1S(=O)(=O)c1ccc2c(c1)oc(=O)n2C. The zero-order valence-electron chi connectivity index (χ0n) is 12.6. The van der Waals surface area contributed by atoms with Crippen molar-refractivity contribution in [3.05, 3.63) is 28.7 Å². The Morgan fingerprint density at radius 2 is 1.82 bits per heavy atom. The summed E-state index contributed by atoms with van der Waals surface area (Å²) in [4.78, 5) is 11.6. The number of ether oxygens (including phenoxy) is 1. The highest BCUT2D eigenvalue weighted by Crippen LogP contribution is 2.26. The molecule has 3 rings (SSSR count). The van der Waals surface area contributed by atoms with Gasteiger partial charge in [0.1, 0.15) is 0 Å². The predicted molar refractivity (Wildman–Crippen MR) is 80.2 cm³/mol. The van der Waals surface area contributed by atoms with Gasteiger partial charge >= 0.3 is 5.76 Å². The molecule has 1 aliphatic rings. The van der Waals surface area contributed by atoms with Crippen molar-refractivity contribution in [1.29, 1.82) is 0 Å². The lowest BCUT2D eigenvalue weighted by Crippen LogP contribution is -2.52. The monoisotopic (exact) mass is 326 g/mol. The molecule has 0 radical (unpaired) electrons. The van der Waals surface area contributed by atoms with Gasteiger partial charge in [0, 0.05) is 25.2 Å². The summed E-state index contributed by atoms with van der Waals surface area (Å²) in [5.41, 5.74) is 0.828. The molecule has 7 nitrogen and oxygen atoms in total. The maximum Gasteiger partial charge on any atom is 0.419 e. The Balaban J connectivity index is 2.10. The number of oxazole rings is 1. The average Bonchev–Trinajstić information content (AvgIpc) is 2.73. The molecule has 22 heavy (non-hydrogen) atoms. The van der Waals surface area contributed by atoms with Gasteiger partial charge in [0.2, 0.25) is 10.0 Å². The largest absolute Gasteiger partial charge is 0.419 e. The molecule has 8 heteroatoms. The van der Waals surface area contributed by atoms with Crippen LogP contribution in [0.2, 0.25) is 0 Å². The van der Waals surface area contributed by atoms with Gasteiger partial charge in [-0.15, -0.1) is 0 Å². The predicted octanol–water partition coefficient (Wildman–Crippen LogP) is 0.929. The van der Waals surface area contributed by atoms with Crippen LogP contribution < -0.4 is 5.76 Å². The minimum atomic E-state index is -3.67. The Hall–Kier alpha value is -1.64. The van der Waals surface area contributed by atoms with Crippen LogP contribution in [0.25, 0.3) is 11.1 Å². The average molecular weight is 326 g/mol. The Morgan fingerprint density at radius 1 is 1.18 bits per heavy atom. The van der Waals surface area contributed by atoms with E-state index in [9.17, 15) is 13.2 Å². The van der Waals surface area contributed by atoms with Crippen LogP contribution in [-0.2, 0) is 21.8 Å². The van der Waals surface area contributed by atoms with E-state index in [0.29, 0.717) is 18.7 Å². The molecule has 1 saturated heterocycles. The molecule has 1 aliphatic heterocycles. The van der Waals surface area contributed by atoms with E-state index >= 15 is 0 Å². The van der Waals surface area contributed by atoms with E-state index in [1.54, 1.807) is 13.1 Å². The second kappa shape index (κ2) is 5.22. The lowest BCUT2D eigenvalue weighted by atomic mass is 10.2. The summed E-state index contributed by atoms with van der Waals surface area (Å²) in [6.45, 7) is 4.36. The summed E-state index contributed by atoms with van der Waals surface area (Å²) >= 11 is 0. The van der Waals surface area contributed by atoms with E-state index < -0.39 is 15.8 Å². The number of aromatic nitrogens is 1. The molecule has 0 saturated carbocycles. The molecule has 0 bridgehead atoms. The molecule has 2 heterocycles. The van der Waals surface area contributed by atoms with E-state index in [0.717, 1.165) is 0 Å². The lowest BCUT2D eigenvalue weighted by molar-refractivity contribution is 0.00636. The van der Waals surface area contributed by atoms with Crippen molar-refractivity contribution in [2.75, 3.05) is 13.2 Å². The minimum absolute atomic E-state index is 0.120. The number of rotatable bonds is 2. The van der Waals surface area contributed by atoms with Crippen LogP contribution in [0.15, 0.2) is 32.3 Å². The highest BCUT2D eigenvalue weighted by molar-refractivity contribution is 7.89. The number of sulfonamides is 1. The number of hydrogen-bond acceptors (Lipinski definition) is 5. The first-order chi connectivity index (χ1) is 10.3. The Kier molecular flexibility index (Phi) is 3.62. The number of morpholine rings is 1. The zero-order chi connectivity index (χ0) is 16.1. The number of fused-ring (bicyclic) bond motifs is 1. The van der Waals surface area contributed by atoms with Crippen molar-refractivity contribution >= 4 is 21.1 Å². The summed E-state index contributed by atoms with van der Waals surface area (Å²) in [5, 5.41) is 0. The number of nitrogens with zero attached hydrogens (tertiary/aromatic N) is 2. The van der Waals surface area contributed by atoms with Crippen molar-refractivity contribution in [1.82, 2.24) is 8.87 Å². The van der Waals surface area contributed by atoms with Gasteiger partial charge in [-0.25, -0.2) is 13.2 Å². The number of hydrogen-bond donors (Lipinski definition) is 0. The van der Waals surface area contributed by atoms with Gasteiger partial charge in [-0.2, -0.15) is 4.31 Å². The second-order valence-electron chi connectivity index (χ2n) is 5.63. The molecule has 0 spiro atoms. The highest BCUT2D eigenvalue weighted by atomic mass is 32.2. The quantitative estimate of drug-likeness (QED) is 0.820. The van der Waals surface area contributed by atoms with Gasteiger partial charge in [0.15, 0.2) is 5.58 Å². The first-order valence-corrected chi connectivity index (χ1v) is 8.47. The molecule has 0 aliphatic carbocycles. The van der Waals surface area contributed by atoms with Crippen LogP contribution in [0.1, 0.15) is 13.8 Å². The summed E-state index contributed by atoms with van der Waals surface area (Å²) in [7, 11) is -2.10. The normalized spacial score (nSPS) is 24.0. The van der Waals surface area contributed by atoms with Crippen LogP contribution in [0.3, 0.4) is 0 Å². The van der Waals surface area contributed by atoms with E-state index in [1.165, 1.54) is 21.0 Å². The fourth-order valence-electron chi connectivity index (χ4n) is 2.86. The van der Waals surface area contributed by atoms with Crippen LogP contribution >= 0.6 is 0 Å². The van der Waals surface area contributed by atoms with E-state index in [2.05, 4.69) is 0 Å². The summed E-state index contributed by atoms with van der Waals surface area (Å²) in [6.07, 6.45) is 0. The maximum absolute atomic E-state index is 12.9. The third-order valence-electron chi connectivity index (χ3n) is 3.93. The molecular formula is C14H18N2O5S. The van der Waals surface area contributed by atoms with E-state index in [1.807, 2.05) is 13.8 Å². The molecular weight excluding hydrogens is 308 g/mol. The van der Waals surface area contributed by atoms with E-state index in [4.69, 9.17) is 9.15 Å². The Labute approximate surface area is 128 Å². The van der Waals surface area contributed by atoms with Gasteiger partial charge in [-0.05, 0) is 26.0 Å². The third kappa shape index (κ3) is 2.27. The first-order valence-electron chi connectivity index (χ1n) is 7.03. The molecule has 2 unspecified atom stereocenters. The standard InChI is InChI=1S/C14H18N2O5S/c1-9-7-20-8-10(2)16(9)22(18,19)11-4-5-12-13(6-11)21-14(17)15(12)3/h4-6,9-10H,7-8H2,1-3H3. The molecule has 2 aromatic rings. The van der Waals surface area contributed by atoms with Crippen molar-refractivity contribution in [3.63, 3.8) is 0 Å². The van der Waals surface area contributed by atoms with E-state index in [-0.39, 0.29) is 22.6 Å². The fourth-order valence-corrected chi connectivity index (χ4v) is 4.67. The van der Waals surface area contributed by atoms with Crippen molar-refractivity contribution in [2.45, 2.75) is 30.8 Å². The van der Waals surface area contributed by atoms with Gasteiger partial charge in [-0.1, -0.05) is 0 Å². The summed E-state index contributed by atoms with van der Waals surface area (Å²) in [5.74, 6) is -0.516. The second-order valence-corrected chi connectivity index (χ2v) is 7.47. The summed E-state index contributed by atoms with van der Waals surface area (Å²) in [6, 6.07) is 4.00. The smallest absolute Gasteiger partial charge is 0.408 e. The van der Waals surface area contributed by atoms with Crippen molar-refractivity contribution in [3.8, 4) is 0 Å². The van der Waals surface area contributed by atoms with Crippen LogP contribution in [0, 0.1) is 0 Å². The maximum atomic E-state index is 12.9. The topological polar surface area (TPSA) is 81.8 Å². The minimum Gasteiger partial charge on any atom is -0.408 e. The first kappa shape index (κ1) is 15.3. The van der Waals surface area contributed by atoms with Crippen LogP contribution in [-0.4, -0.2) is 42.6 Å². The summed E-state index contributed by atoms with van der Waals surface area (Å²) < 4.78 is 39.0.